The Balaban J connectivity index is 1.99. The third-order valence-corrected chi connectivity index (χ3v) is 3.28. The van der Waals surface area contributed by atoms with Gasteiger partial charge in [-0.1, -0.05) is 13.0 Å². The highest BCUT2D eigenvalue weighted by Crippen LogP contribution is 2.25. The van der Waals surface area contributed by atoms with Gasteiger partial charge in [-0.3, -0.25) is 0 Å². The van der Waals surface area contributed by atoms with E-state index in [1.54, 1.807) is 12.1 Å². The van der Waals surface area contributed by atoms with Crippen molar-refractivity contribution in [3.63, 3.8) is 0 Å². The predicted octanol–water partition coefficient (Wildman–Crippen LogP) is 2.12. The number of β-amino-alcohol motifs (C(OH)–C–C–N with tert-alkyl or cyclic N) is 1. The first-order valence-electron chi connectivity index (χ1n) is 5.98. The average Bonchev–Trinajstić information content (AvgIpc) is 2.29. The summed E-state index contributed by atoms with van der Waals surface area (Å²) in [6.07, 6.45) is 0.607. The minimum atomic E-state index is -0.775. The number of benzene rings is 1. The molecule has 1 heterocycles. The van der Waals surface area contributed by atoms with Crippen LogP contribution >= 0.6 is 0 Å². The van der Waals surface area contributed by atoms with Crippen LogP contribution in [0.1, 0.15) is 18.9 Å². The van der Waals surface area contributed by atoms with Crippen LogP contribution in [0, 0.1) is 12.7 Å². The van der Waals surface area contributed by atoms with Crippen LogP contribution < -0.4 is 5.32 Å². The zero-order valence-corrected chi connectivity index (χ0v) is 10.5. The summed E-state index contributed by atoms with van der Waals surface area (Å²) in [4.78, 5) is 13.3. The van der Waals surface area contributed by atoms with Crippen LogP contribution in [0.2, 0.25) is 0 Å². The molecule has 2 amide bonds. The number of nitrogens with one attached hydrogen (secondary N) is 1. The molecule has 2 rings (SSSR count). The van der Waals surface area contributed by atoms with Gasteiger partial charge in [0.05, 0.1) is 24.4 Å². The van der Waals surface area contributed by atoms with Gasteiger partial charge in [0.1, 0.15) is 5.82 Å². The summed E-state index contributed by atoms with van der Waals surface area (Å²) in [6, 6.07) is 4.17. The predicted molar refractivity (Wildman–Crippen MR) is 67.0 cm³/mol. The second kappa shape index (κ2) is 4.57. The number of aliphatic hydroxyl groups is 1. The van der Waals surface area contributed by atoms with Gasteiger partial charge in [0.25, 0.3) is 0 Å². The Bertz CT molecular complexity index is 470. The molecule has 1 saturated heterocycles. The van der Waals surface area contributed by atoms with Crippen molar-refractivity contribution in [3.05, 3.63) is 29.6 Å². The molecule has 5 heteroatoms. The number of aryl methyl sites for hydroxylation is 1. The number of hydrogen-bond donors (Lipinski definition) is 2. The molecule has 1 aliphatic rings. The molecule has 1 aromatic rings. The van der Waals surface area contributed by atoms with E-state index in [4.69, 9.17) is 0 Å². The Morgan fingerprint density at radius 3 is 2.83 bits per heavy atom. The lowest BCUT2D eigenvalue weighted by Crippen LogP contribution is -2.64. The van der Waals surface area contributed by atoms with E-state index < -0.39 is 11.4 Å². The zero-order valence-electron chi connectivity index (χ0n) is 10.5. The molecule has 0 unspecified atom stereocenters. The van der Waals surface area contributed by atoms with Crippen LogP contribution in [0.25, 0.3) is 0 Å². The van der Waals surface area contributed by atoms with E-state index in [1.807, 2.05) is 13.8 Å². The second-order valence-corrected chi connectivity index (χ2v) is 4.85. The molecule has 0 atom stereocenters. The number of rotatable bonds is 2. The van der Waals surface area contributed by atoms with Gasteiger partial charge in [-0.2, -0.15) is 0 Å². The fourth-order valence-electron chi connectivity index (χ4n) is 1.96. The van der Waals surface area contributed by atoms with Crippen molar-refractivity contribution in [3.8, 4) is 0 Å². The number of amides is 2. The lowest BCUT2D eigenvalue weighted by atomic mass is 9.92. The largest absolute Gasteiger partial charge is 0.386 e. The van der Waals surface area contributed by atoms with Crippen LogP contribution in [0.4, 0.5) is 14.9 Å². The minimum absolute atomic E-state index is 0.173. The fraction of sp³-hybridized carbons (Fsp3) is 0.462. The van der Waals surface area contributed by atoms with Crippen LogP contribution in [0.3, 0.4) is 0 Å². The van der Waals surface area contributed by atoms with E-state index in [2.05, 4.69) is 5.32 Å². The van der Waals surface area contributed by atoms with Gasteiger partial charge in [0.15, 0.2) is 0 Å². The van der Waals surface area contributed by atoms with Gasteiger partial charge >= 0.3 is 6.03 Å². The first kappa shape index (κ1) is 12.8. The molecule has 0 radical (unpaired) electrons. The summed E-state index contributed by atoms with van der Waals surface area (Å²) >= 11 is 0. The maximum Gasteiger partial charge on any atom is 0.322 e. The molecule has 0 aliphatic carbocycles. The quantitative estimate of drug-likeness (QED) is 0.847. The first-order chi connectivity index (χ1) is 8.43. The van der Waals surface area contributed by atoms with Gasteiger partial charge in [0.2, 0.25) is 0 Å². The highest BCUT2D eigenvalue weighted by atomic mass is 19.1. The Labute approximate surface area is 105 Å². The third kappa shape index (κ3) is 2.46. The van der Waals surface area contributed by atoms with Crippen molar-refractivity contribution in [1.29, 1.82) is 0 Å². The van der Waals surface area contributed by atoms with Crippen LogP contribution in [-0.2, 0) is 0 Å². The van der Waals surface area contributed by atoms with Gasteiger partial charge in [-0.25, -0.2) is 9.18 Å². The van der Waals surface area contributed by atoms with E-state index >= 15 is 0 Å². The molecule has 0 saturated carbocycles. The van der Waals surface area contributed by atoms with Gasteiger partial charge in [0, 0.05) is 0 Å². The minimum Gasteiger partial charge on any atom is -0.386 e. The van der Waals surface area contributed by atoms with Crippen molar-refractivity contribution in [2.75, 3.05) is 18.4 Å². The highest BCUT2D eigenvalue weighted by Gasteiger charge is 2.42. The van der Waals surface area contributed by atoms with Crippen LogP contribution in [-0.4, -0.2) is 34.7 Å². The smallest absolute Gasteiger partial charge is 0.322 e. The lowest BCUT2D eigenvalue weighted by Gasteiger charge is -2.45. The lowest BCUT2D eigenvalue weighted by molar-refractivity contribution is -0.0755. The van der Waals surface area contributed by atoms with Crippen molar-refractivity contribution in [2.24, 2.45) is 0 Å². The van der Waals surface area contributed by atoms with E-state index in [9.17, 15) is 14.3 Å². The summed E-state index contributed by atoms with van der Waals surface area (Å²) in [5.41, 5.74) is 0.273. The Morgan fingerprint density at radius 2 is 2.22 bits per heavy atom. The maximum absolute atomic E-state index is 13.5. The molecule has 1 fully saturated rings. The van der Waals surface area contributed by atoms with Gasteiger partial charge in [-0.15, -0.1) is 0 Å². The average molecular weight is 252 g/mol. The number of likely N-dealkylation sites (tertiary alicyclic amines) is 1. The van der Waals surface area contributed by atoms with Gasteiger partial charge < -0.3 is 15.3 Å². The van der Waals surface area contributed by atoms with Crippen molar-refractivity contribution in [1.82, 2.24) is 4.90 Å². The Morgan fingerprint density at radius 1 is 1.56 bits per heavy atom. The first-order valence-corrected chi connectivity index (χ1v) is 5.98. The van der Waals surface area contributed by atoms with Crippen LogP contribution in [0.5, 0.6) is 0 Å². The molecular formula is C13H17FN2O2. The molecule has 0 bridgehead atoms. The number of anilines is 1. The molecule has 2 N–H and O–H groups in total. The summed E-state index contributed by atoms with van der Waals surface area (Å²) in [5.74, 6) is -0.458. The number of carbonyl (C=O) groups excluding carboxylic acids is 1. The van der Waals surface area contributed by atoms with Crippen LogP contribution in [0.15, 0.2) is 18.2 Å². The number of hydrogen-bond acceptors (Lipinski definition) is 2. The molecule has 0 aromatic heterocycles. The zero-order chi connectivity index (χ0) is 13.3. The molecular weight excluding hydrogens is 235 g/mol. The Kier molecular flexibility index (Phi) is 3.26. The normalized spacial score (nSPS) is 17.2. The fourth-order valence-corrected chi connectivity index (χ4v) is 1.96. The topological polar surface area (TPSA) is 52.6 Å². The molecule has 1 aromatic carbocycles. The van der Waals surface area contributed by atoms with Crippen molar-refractivity contribution >= 4 is 11.7 Å². The second-order valence-electron chi connectivity index (χ2n) is 4.85. The molecule has 4 nitrogen and oxygen atoms in total. The SMILES string of the molecule is CCC1(O)CN(C(=O)Nc2cc(C)ccc2F)C1. The highest BCUT2D eigenvalue weighted by molar-refractivity contribution is 5.90. The number of urea groups is 1. The molecule has 18 heavy (non-hydrogen) atoms. The summed E-state index contributed by atoms with van der Waals surface area (Å²) < 4.78 is 13.5. The van der Waals surface area contributed by atoms with E-state index in [-0.39, 0.29) is 11.7 Å². The monoisotopic (exact) mass is 252 g/mol. The summed E-state index contributed by atoms with van der Waals surface area (Å²) in [5, 5.41) is 12.3. The molecule has 1 aliphatic heterocycles. The number of halogens is 1. The van der Waals surface area contributed by atoms with Crippen molar-refractivity contribution < 1.29 is 14.3 Å². The number of nitrogens with zero attached hydrogens (tertiary/aromatic N) is 1. The summed E-state index contributed by atoms with van der Waals surface area (Å²) in [7, 11) is 0. The Hall–Kier alpha value is -1.62. The van der Waals surface area contributed by atoms with Gasteiger partial charge in [-0.05, 0) is 31.0 Å². The van der Waals surface area contributed by atoms with E-state index in [0.717, 1.165) is 5.56 Å². The van der Waals surface area contributed by atoms with Crippen molar-refractivity contribution in [2.45, 2.75) is 25.9 Å². The maximum atomic E-state index is 13.5. The van der Waals surface area contributed by atoms with E-state index in [1.165, 1.54) is 11.0 Å². The summed E-state index contributed by atoms with van der Waals surface area (Å²) in [6.45, 7) is 4.29. The van der Waals surface area contributed by atoms with E-state index in [0.29, 0.717) is 19.5 Å². The number of carbonyl (C=O) groups is 1. The third-order valence-electron chi connectivity index (χ3n) is 3.28. The standard InChI is InChI=1S/C13H17FN2O2/c1-3-13(18)7-16(8-13)12(17)15-11-6-9(2)4-5-10(11)14/h4-6,18H,3,7-8H2,1-2H3,(H,15,17). The molecule has 98 valence electrons. The molecule has 0 spiro atoms.